The molecule has 8 nitrogen and oxygen atoms in total. The predicted molar refractivity (Wildman–Crippen MR) is 129 cm³/mol. The lowest BCUT2D eigenvalue weighted by Crippen LogP contribution is -2.34. The van der Waals surface area contributed by atoms with Gasteiger partial charge in [-0.05, 0) is 72.5 Å². The monoisotopic (exact) mass is 520 g/mol. The number of aromatic nitrogens is 3. The lowest BCUT2D eigenvalue weighted by Gasteiger charge is -2.19. The number of anilines is 1. The number of hydrogen-bond donors (Lipinski definition) is 5. The molecule has 1 aromatic carbocycles. The Kier molecular flexibility index (Phi) is 7.92. The summed E-state index contributed by atoms with van der Waals surface area (Å²) >= 11 is 3.50. The Balaban J connectivity index is 1.21. The third-order valence-corrected chi connectivity index (χ3v) is 6.92. The van der Waals surface area contributed by atoms with Crippen molar-refractivity contribution in [2.45, 2.75) is 37.5 Å². The molecule has 2 aromatic heterocycles. The average Bonchev–Trinajstić information content (AvgIpc) is 3.27. The van der Waals surface area contributed by atoms with E-state index in [1.165, 1.54) is 12.4 Å². The number of nitrogens with two attached hydrogens (primary N) is 1. The molecule has 1 fully saturated rings. The van der Waals surface area contributed by atoms with E-state index in [4.69, 9.17) is 5.73 Å². The zero-order valence-corrected chi connectivity index (χ0v) is 19.9. The van der Waals surface area contributed by atoms with Crippen LogP contribution in [0, 0.1) is 11.7 Å². The SMILES string of the molecule is Nc1ncnc2c1c(Br)cn2[C@@H]1C[C@H](CNCCCNCCc2cccc(F)c2)[C@@H](O)[C@H]1O. The zero-order valence-electron chi connectivity index (χ0n) is 18.3. The molecular weight excluding hydrogens is 491 g/mol. The minimum absolute atomic E-state index is 0.0682. The Bertz CT molecular complexity index is 1080. The smallest absolute Gasteiger partial charge is 0.146 e. The van der Waals surface area contributed by atoms with Gasteiger partial charge in [-0.2, -0.15) is 0 Å². The van der Waals surface area contributed by atoms with Gasteiger partial charge in [0.15, 0.2) is 0 Å². The molecule has 4 atom stereocenters. The minimum Gasteiger partial charge on any atom is -0.390 e. The molecule has 1 saturated carbocycles. The van der Waals surface area contributed by atoms with Crippen LogP contribution in [-0.2, 0) is 6.42 Å². The third-order valence-electron chi connectivity index (χ3n) is 6.31. The quantitative estimate of drug-likeness (QED) is 0.259. The lowest BCUT2D eigenvalue weighted by molar-refractivity contribution is 0.00693. The van der Waals surface area contributed by atoms with Crippen molar-refractivity contribution in [3.63, 3.8) is 0 Å². The third kappa shape index (κ3) is 5.52. The van der Waals surface area contributed by atoms with Gasteiger partial charge in [0, 0.05) is 23.1 Å². The van der Waals surface area contributed by atoms with E-state index >= 15 is 0 Å². The van der Waals surface area contributed by atoms with Crippen LogP contribution in [0.3, 0.4) is 0 Å². The number of nitrogen functional groups attached to an aromatic ring is 1. The van der Waals surface area contributed by atoms with Crippen LogP contribution >= 0.6 is 15.9 Å². The Morgan fingerprint density at radius 1 is 1.15 bits per heavy atom. The summed E-state index contributed by atoms with van der Waals surface area (Å²) < 4.78 is 15.8. The molecule has 0 saturated heterocycles. The van der Waals surface area contributed by atoms with E-state index in [0.717, 1.165) is 42.5 Å². The highest BCUT2D eigenvalue weighted by atomic mass is 79.9. The predicted octanol–water partition coefficient (Wildman–Crippen LogP) is 2.01. The van der Waals surface area contributed by atoms with Gasteiger partial charge in [-0.15, -0.1) is 0 Å². The fraction of sp³-hybridized carbons (Fsp3) is 0.478. The number of aliphatic hydroxyl groups is 2. The van der Waals surface area contributed by atoms with Crippen molar-refractivity contribution in [3.05, 3.63) is 52.6 Å². The topological polar surface area (TPSA) is 121 Å². The van der Waals surface area contributed by atoms with Gasteiger partial charge in [-0.1, -0.05) is 12.1 Å². The summed E-state index contributed by atoms with van der Waals surface area (Å²) in [4.78, 5) is 8.37. The van der Waals surface area contributed by atoms with Gasteiger partial charge >= 0.3 is 0 Å². The molecule has 6 N–H and O–H groups in total. The minimum atomic E-state index is -0.889. The van der Waals surface area contributed by atoms with Crippen molar-refractivity contribution in [1.29, 1.82) is 0 Å². The fourth-order valence-electron chi connectivity index (χ4n) is 4.57. The molecule has 33 heavy (non-hydrogen) atoms. The molecule has 1 aliphatic carbocycles. The molecule has 2 heterocycles. The maximum atomic E-state index is 13.2. The van der Waals surface area contributed by atoms with Crippen molar-refractivity contribution < 1.29 is 14.6 Å². The summed E-state index contributed by atoms with van der Waals surface area (Å²) in [6.07, 6.45) is 3.90. The van der Waals surface area contributed by atoms with Crippen LogP contribution in [-0.4, -0.2) is 63.1 Å². The summed E-state index contributed by atoms with van der Waals surface area (Å²) in [6, 6.07) is 6.38. The first-order valence-electron chi connectivity index (χ1n) is 11.2. The molecule has 3 aromatic rings. The second kappa shape index (κ2) is 10.9. The molecule has 10 heteroatoms. The Labute approximate surface area is 200 Å². The van der Waals surface area contributed by atoms with E-state index in [2.05, 4.69) is 36.5 Å². The average molecular weight is 521 g/mol. The van der Waals surface area contributed by atoms with Gasteiger partial charge in [0.2, 0.25) is 0 Å². The van der Waals surface area contributed by atoms with Crippen molar-refractivity contribution in [1.82, 2.24) is 25.2 Å². The van der Waals surface area contributed by atoms with Gasteiger partial charge in [0.1, 0.15) is 29.7 Å². The van der Waals surface area contributed by atoms with Crippen LogP contribution in [0.1, 0.15) is 24.4 Å². The highest BCUT2D eigenvalue weighted by Gasteiger charge is 2.42. The maximum Gasteiger partial charge on any atom is 0.146 e. The molecule has 1 aliphatic rings. The van der Waals surface area contributed by atoms with Gasteiger partial charge in [0.05, 0.1) is 17.5 Å². The number of hydrogen-bond acceptors (Lipinski definition) is 7. The fourth-order valence-corrected chi connectivity index (χ4v) is 5.17. The van der Waals surface area contributed by atoms with Gasteiger partial charge in [-0.25, -0.2) is 14.4 Å². The number of halogens is 2. The first kappa shape index (κ1) is 24.0. The molecule has 0 bridgehead atoms. The van der Waals surface area contributed by atoms with Crippen LogP contribution in [0.4, 0.5) is 10.2 Å². The zero-order chi connectivity index (χ0) is 23.4. The van der Waals surface area contributed by atoms with Crippen molar-refractivity contribution in [2.24, 2.45) is 5.92 Å². The highest BCUT2D eigenvalue weighted by Crippen LogP contribution is 2.39. The van der Waals surface area contributed by atoms with Crippen molar-refractivity contribution >= 4 is 32.8 Å². The largest absolute Gasteiger partial charge is 0.390 e. The number of rotatable bonds is 10. The normalized spacial score (nSPS) is 22.9. The summed E-state index contributed by atoms with van der Waals surface area (Å²) in [5, 5.41) is 28.8. The van der Waals surface area contributed by atoms with Crippen LogP contribution in [0.5, 0.6) is 0 Å². The summed E-state index contributed by atoms with van der Waals surface area (Å²) in [5.74, 6) is 0.107. The molecule has 0 spiro atoms. The van der Waals surface area contributed by atoms with Crippen molar-refractivity contribution in [3.8, 4) is 0 Å². The maximum absolute atomic E-state index is 13.2. The van der Waals surface area contributed by atoms with E-state index in [0.29, 0.717) is 29.8 Å². The standard InChI is InChI=1S/C23H30BrFN6O2/c24-17-12-31(23-19(17)22(26)29-13-30-23)18-10-15(20(32)21(18)33)11-28-7-2-6-27-8-5-14-3-1-4-16(25)9-14/h1,3-4,9,12-13,15,18,20-21,27-28,32-33H,2,5-8,10-11H2,(H2,26,29,30)/t15-,18-,20-,21+/m1/s1. The molecule has 0 radical (unpaired) electrons. The van der Waals surface area contributed by atoms with Crippen LogP contribution in [0.15, 0.2) is 41.3 Å². The number of nitrogens with zero attached hydrogens (tertiary/aromatic N) is 3. The number of nitrogens with one attached hydrogen (secondary N) is 2. The van der Waals surface area contributed by atoms with E-state index in [-0.39, 0.29) is 17.8 Å². The number of benzene rings is 1. The summed E-state index contributed by atoms with van der Waals surface area (Å²) in [6.45, 7) is 3.08. The first-order chi connectivity index (χ1) is 16.0. The molecule has 178 valence electrons. The first-order valence-corrected chi connectivity index (χ1v) is 12.0. The van der Waals surface area contributed by atoms with E-state index in [1.807, 2.05) is 16.8 Å². The lowest BCUT2D eigenvalue weighted by atomic mass is 10.1. The molecule has 0 amide bonds. The Morgan fingerprint density at radius 2 is 1.97 bits per heavy atom. The Hall–Kier alpha value is -2.11. The van der Waals surface area contributed by atoms with E-state index in [1.54, 1.807) is 12.1 Å². The second-order valence-electron chi connectivity index (χ2n) is 8.57. The summed E-state index contributed by atoms with van der Waals surface area (Å²) in [7, 11) is 0. The van der Waals surface area contributed by atoms with Gasteiger partial charge in [0.25, 0.3) is 0 Å². The van der Waals surface area contributed by atoms with Crippen LogP contribution in [0.2, 0.25) is 0 Å². The van der Waals surface area contributed by atoms with Gasteiger partial charge in [-0.3, -0.25) is 0 Å². The van der Waals surface area contributed by atoms with Crippen molar-refractivity contribution in [2.75, 3.05) is 31.9 Å². The molecule has 0 unspecified atom stereocenters. The van der Waals surface area contributed by atoms with E-state index < -0.39 is 12.2 Å². The summed E-state index contributed by atoms with van der Waals surface area (Å²) in [5.41, 5.74) is 7.61. The Morgan fingerprint density at radius 3 is 2.79 bits per heavy atom. The molecular formula is C23H30BrFN6O2. The molecule has 4 rings (SSSR count). The van der Waals surface area contributed by atoms with Crippen LogP contribution < -0.4 is 16.4 Å². The van der Waals surface area contributed by atoms with Gasteiger partial charge < -0.3 is 31.1 Å². The number of aliphatic hydroxyl groups excluding tert-OH is 2. The van der Waals surface area contributed by atoms with E-state index in [9.17, 15) is 14.6 Å². The molecule has 0 aliphatic heterocycles. The number of fused-ring (bicyclic) bond motifs is 1. The second-order valence-corrected chi connectivity index (χ2v) is 9.43. The highest BCUT2D eigenvalue weighted by molar-refractivity contribution is 9.10. The van der Waals surface area contributed by atoms with Crippen LogP contribution in [0.25, 0.3) is 11.0 Å².